The monoisotopic (exact) mass is 676 g/mol. The van der Waals surface area contributed by atoms with Gasteiger partial charge in [0, 0.05) is 24.6 Å². The molecule has 1 aliphatic rings. The van der Waals surface area contributed by atoms with Crippen molar-refractivity contribution in [2.45, 2.75) is 98.5 Å². The van der Waals surface area contributed by atoms with Crippen LogP contribution in [0.5, 0.6) is 0 Å². The molecule has 2 nitrogen and oxygen atoms in total. The van der Waals surface area contributed by atoms with Crippen LogP contribution in [0.25, 0.3) is 32.3 Å². The topological polar surface area (TPSA) is 23.7 Å². The second kappa shape index (κ2) is 8.96. The number of benzene rings is 4. The van der Waals surface area contributed by atoms with Crippen molar-refractivity contribution in [2.75, 3.05) is 0 Å². The molecule has 1 aliphatic heterocycles. The van der Waals surface area contributed by atoms with E-state index in [1.165, 1.54) is 60.1 Å². The molecule has 0 unspecified atom stereocenters. The van der Waals surface area contributed by atoms with Crippen molar-refractivity contribution in [3.8, 4) is 0 Å². The molecule has 0 bridgehead atoms. The molecule has 0 N–H and O–H groups in total. The fourth-order valence-corrected chi connectivity index (χ4v) is 5.89. The van der Waals surface area contributed by atoms with E-state index in [0.29, 0.717) is 23.7 Å². The first-order valence-electron chi connectivity index (χ1n) is 13.7. The first-order valence-corrected chi connectivity index (χ1v) is 19.5. The van der Waals surface area contributed by atoms with Crippen LogP contribution < -0.4 is 0 Å². The third-order valence-electron chi connectivity index (χ3n) is 7.72. The molecule has 0 saturated carbocycles. The van der Waals surface area contributed by atoms with Gasteiger partial charge in [-0.3, -0.25) is 0 Å². The zero-order valence-electron chi connectivity index (χ0n) is 24.7. The molecule has 0 aliphatic carbocycles. The molecule has 0 aromatic heterocycles. The minimum absolute atomic E-state index is 0.398. The molecular formula is C31H38F6NOSb. The molecule has 0 atom stereocenters. The van der Waals surface area contributed by atoms with Crippen molar-refractivity contribution in [1.29, 1.82) is 0 Å². The maximum absolute atomic E-state index is 11.2. The summed E-state index contributed by atoms with van der Waals surface area (Å²) in [7, 11) is 0. The van der Waals surface area contributed by atoms with Gasteiger partial charge in [-0.15, -0.1) is 4.54 Å². The van der Waals surface area contributed by atoms with Gasteiger partial charge in [0.2, 0.25) is 0 Å². The Labute approximate surface area is 234 Å². The number of nitrogens with zero attached hydrogens (tertiary/aromatic N) is 1. The Morgan fingerprint density at radius 1 is 0.575 bits per heavy atom. The molecule has 0 radical (unpaired) electrons. The van der Waals surface area contributed by atoms with Crippen LogP contribution >= 0.6 is 0 Å². The van der Waals surface area contributed by atoms with Gasteiger partial charge in [-0.2, -0.15) is 0 Å². The molecule has 0 spiro atoms. The predicted octanol–water partition coefficient (Wildman–Crippen LogP) is 12.4. The fourth-order valence-electron chi connectivity index (χ4n) is 5.89. The number of hydrogen-bond acceptors (Lipinski definition) is 1. The van der Waals surface area contributed by atoms with E-state index >= 15 is 0 Å². The number of hydrogen-bond donors (Lipinski definition) is 0. The molecule has 1 heterocycles. The second-order valence-electron chi connectivity index (χ2n) is 12.8. The van der Waals surface area contributed by atoms with E-state index in [-0.39, 0.29) is 0 Å². The minimum atomic E-state index is -11.2. The maximum atomic E-state index is 9.93. The number of rotatable bonds is 4. The molecule has 0 fully saturated rings. The van der Waals surface area contributed by atoms with Crippen molar-refractivity contribution in [1.82, 2.24) is 0 Å². The Morgan fingerprint density at radius 2 is 0.950 bits per heavy atom. The van der Waals surface area contributed by atoms with Gasteiger partial charge in [0.25, 0.3) is 0 Å². The third-order valence-corrected chi connectivity index (χ3v) is 7.72. The van der Waals surface area contributed by atoms with Gasteiger partial charge in [0.05, 0.1) is 5.56 Å². The first-order chi connectivity index (χ1) is 17.9. The SMILES string of the molecule is CC(C)c1cc(C(C)C)c2cc(C(C)C)c3c4c(cc5c(C(C)C)cc1c2c53)C(C)(C)[O+]=[15N]4.[F][Sb-]([F])([F])([F])([F])[F]. The van der Waals surface area contributed by atoms with E-state index in [9.17, 15) is 16.9 Å². The Hall–Kier alpha value is -2.08. The summed E-state index contributed by atoms with van der Waals surface area (Å²) in [6.07, 6.45) is 0. The second-order valence-corrected chi connectivity index (χ2v) is 18.3. The van der Waals surface area contributed by atoms with E-state index < -0.39 is 25.1 Å². The van der Waals surface area contributed by atoms with E-state index in [1.807, 2.05) is 0 Å². The van der Waals surface area contributed by atoms with E-state index in [1.54, 1.807) is 0 Å². The zero-order valence-corrected chi connectivity index (χ0v) is 27.2. The van der Waals surface area contributed by atoms with Gasteiger partial charge in [0.15, 0.2) is 10.9 Å². The summed E-state index contributed by atoms with van der Waals surface area (Å²) in [6.45, 7) is 22.8. The number of fused-ring (bicyclic) bond motifs is 2. The van der Waals surface area contributed by atoms with Crippen LogP contribution in [0, 0.1) is 4.54 Å². The summed E-state index contributed by atoms with van der Waals surface area (Å²) in [5.41, 5.74) is 7.58. The van der Waals surface area contributed by atoms with Crippen molar-refractivity contribution in [3.05, 3.63) is 56.6 Å². The fraction of sp³-hybridized carbons (Fsp3) is 0.484. The van der Waals surface area contributed by atoms with Gasteiger partial charge in [-0.1, -0.05) is 61.5 Å². The van der Waals surface area contributed by atoms with Gasteiger partial charge >= 0.3 is 42.0 Å². The predicted molar refractivity (Wildman–Crippen MR) is 157 cm³/mol. The number of nitroso groups, excluding NO2 is 1. The van der Waals surface area contributed by atoms with Crippen molar-refractivity contribution in [2.24, 2.45) is 5.18 Å². The molecule has 0 amide bonds. The third kappa shape index (κ3) is 5.93. The quantitative estimate of drug-likeness (QED) is 0.0675. The summed E-state index contributed by atoms with van der Waals surface area (Å²) in [5.74, 6) is 1.77. The molecule has 9 heteroatoms. The normalized spacial score (nSPS) is 16.9. The average molecular weight is 677 g/mol. The molecule has 40 heavy (non-hydrogen) atoms. The van der Waals surface area contributed by atoms with Crippen LogP contribution in [0.1, 0.15) is 121 Å². The van der Waals surface area contributed by atoms with Crippen LogP contribution in [0.2, 0.25) is 0 Å². The van der Waals surface area contributed by atoms with Crippen molar-refractivity contribution >= 4 is 57.5 Å². The number of halogens is 6. The standard InChI is InChI=1S/C31H38NO.6FH.Sb/c1-15(2)19-11-20(16(3)4)24-13-22(18(7)8)29-28-25(14-26-30(29)32-33-31(26,9)10)21(17(5)6)12-23(19)27(24)28;;;;;;;/h11-18H,1-10H3;6*1H;/q+1;;;;;;;+5/p-6/i32+1;;;;;;;. The van der Waals surface area contributed by atoms with E-state index in [4.69, 9.17) is 9.71 Å². The molecular weight excluding hydrogens is 639 g/mol. The van der Waals surface area contributed by atoms with E-state index in [0.717, 1.165) is 5.69 Å². The Bertz CT molecular complexity index is 1630. The van der Waals surface area contributed by atoms with Crippen LogP contribution in [0.15, 0.2) is 29.4 Å². The summed E-state index contributed by atoms with van der Waals surface area (Å²) in [6, 6.07) is 9.86. The van der Waals surface area contributed by atoms with Gasteiger partial charge in [-0.05, 0) is 85.7 Å². The van der Waals surface area contributed by atoms with Crippen LogP contribution in [-0.2, 0) is 5.60 Å². The Morgan fingerprint density at radius 3 is 1.38 bits per heavy atom. The first kappa shape index (κ1) is 30.9. The van der Waals surface area contributed by atoms with Gasteiger partial charge in [-0.25, -0.2) is 0 Å². The molecule has 220 valence electrons. The molecule has 4 aromatic carbocycles. The van der Waals surface area contributed by atoms with Crippen molar-refractivity contribution < 1.29 is 16.9 Å². The van der Waals surface area contributed by atoms with E-state index in [2.05, 4.69) is 93.5 Å². The van der Waals surface area contributed by atoms with Crippen LogP contribution in [0.4, 0.5) is 22.6 Å². The molecule has 4 aromatic rings. The Balaban J connectivity index is 0.000000470. The van der Waals surface area contributed by atoms with Crippen LogP contribution in [0.3, 0.4) is 0 Å². The Kier molecular flexibility index (Phi) is 6.91. The molecule has 0 saturated heterocycles. The summed E-state index contributed by atoms with van der Waals surface area (Å²) in [5, 5.41) is 13.0. The van der Waals surface area contributed by atoms with Gasteiger partial charge in [0.1, 0.15) is 0 Å². The summed E-state index contributed by atoms with van der Waals surface area (Å²) < 4.78 is 65.6. The molecule has 5 rings (SSSR count). The van der Waals surface area contributed by atoms with Crippen LogP contribution in [-0.4, -0.2) is 19.5 Å². The summed E-state index contributed by atoms with van der Waals surface area (Å²) in [4.78, 5) is 0. The van der Waals surface area contributed by atoms with Gasteiger partial charge < -0.3 is 0 Å². The summed E-state index contributed by atoms with van der Waals surface area (Å²) >= 11 is -11.2. The van der Waals surface area contributed by atoms with Crippen molar-refractivity contribution in [3.63, 3.8) is 0 Å². The zero-order chi connectivity index (χ0) is 30.4. The average Bonchev–Trinajstić information content (AvgIpc) is 3.07.